The lowest BCUT2D eigenvalue weighted by Gasteiger charge is -2.12. The highest BCUT2D eigenvalue weighted by atomic mass is 16.1. The Kier molecular flexibility index (Phi) is 5.36. The molecule has 4 aromatic rings. The molecule has 0 aliphatic rings. The van der Waals surface area contributed by atoms with Crippen molar-refractivity contribution < 1.29 is 4.79 Å². The van der Waals surface area contributed by atoms with Crippen LogP contribution in [0, 0.1) is 27.7 Å². The standard InChI is InChI=1S/C25H26N4O/c1-16-10-12-21(13-11-16)27-23(30)15-14-22-17(2)26-25-24(20-8-6-5-7-9-20)18(3)28-29(25)19(22)4/h5-13H,14-15H2,1-4H3,(H,27,30). The second-order valence-corrected chi connectivity index (χ2v) is 7.74. The number of rotatable bonds is 5. The first kappa shape index (κ1) is 19.8. The Bertz CT molecular complexity index is 1210. The van der Waals surface area contributed by atoms with Gasteiger partial charge in [0.25, 0.3) is 0 Å². The van der Waals surface area contributed by atoms with Gasteiger partial charge in [0.1, 0.15) is 0 Å². The number of hydrogen-bond donors (Lipinski definition) is 1. The van der Waals surface area contributed by atoms with Gasteiger partial charge in [-0.25, -0.2) is 9.50 Å². The molecule has 0 saturated carbocycles. The Morgan fingerprint density at radius 1 is 0.933 bits per heavy atom. The van der Waals surface area contributed by atoms with Crippen LogP contribution in [0.5, 0.6) is 0 Å². The topological polar surface area (TPSA) is 59.3 Å². The summed E-state index contributed by atoms with van der Waals surface area (Å²) in [5.41, 5.74) is 9.03. The molecule has 30 heavy (non-hydrogen) atoms. The second-order valence-electron chi connectivity index (χ2n) is 7.74. The zero-order valence-corrected chi connectivity index (χ0v) is 17.9. The van der Waals surface area contributed by atoms with Crippen molar-refractivity contribution >= 4 is 17.2 Å². The maximum atomic E-state index is 12.4. The van der Waals surface area contributed by atoms with Gasteiger partial charge in [-0.1, -0.05) is 48.0 Å². The minimum Gasteiger partial charge on any atom is -0.326 e. The smallest absolute Gasteiger partial charge is 0.224 e. The number of aromatic nitrogens is 3. The SMILES string of the molecule is Cc1ccc(NC(=O)CCc2c(C)nc3c(-c4ccccc4)c(C)nn3c2C)cc1. The highest BCUT2D eigenvalue weighted by molar-refractivity contribution is 5.90. The predicted molar refractivity (Wildman–Crippen MR) is 121 cm³/mol. The van der Waals surface area contributed by atoms with E-state index in [2.05, 4.69) is 24.4 Å². The first-order valence-electron chi connectivity index (χ1n) is 10.2. The number of hydrogen-bond acceptors (Lipinski definition) is 3. The molecular formula is C25H26N4O. The molecule has 0 atom stereocenters. The predicted octanol–water partition coefficient (Wildman–Crippen LogP) is 5.20. The second kappa shape index (κ2) is 8.11. The van der Waals surface area contributed by atoms with Crippen LogP contribution in [0.3, 0.4) is 0 Å². The number of anilines is 1. The van der Waals surface area contributed by atoms with Crippen molar-refractivity contribution in [3.8, 4) is 11.1 Å². The molecule has 2 aromatic heterocycles. The molecule has 0 radical (unpaired) electrons. The van der Waals surface area contributed by atoms with Gasteiger partial charge >= 0.3 is 0 Å². The van der Waals surface area contributed by atoms with E-state index < -0.39 is 0 Å². The monoisotopic (exact) mass is 398 g/mol. The van der Waals surface area contributed by atoms with E-state index in [-0.39, 0.29) is 5.91 Å². The van der Waals surface area contributed by atoms with Gasteiger partial charge in [-0.3, -0.25) is 4.79 Å². The number of nitrogens with zero attached hydrogens (tertiary/aromatic N) is 3. The molecule has 1 N–H and O–H groups in total. The highest BCUT2D eigenvalue weighted by Gasteiger charge is 2.18. The summed E-state index contributed by atoms with van der Waals surface area (Å²) in [4.78, 5) is 17.3. The number of amides is 1. The normalized spacial score (nSPS) is 11.1. The van der Waals surface area contributed by atoms with E-state index >= 15 is 0 Å². The summed E-state index contributed by atoms with van der Waals surface area (Å²) >= 11 is 0. The molecule has 1 amide bonds. The third-order valence-electron chi connectivity index (χ3n) is 5.50. The van der Waals surface area contributed by atoms with Gasteiger partial charge in [0, 0.05) is 29.1 Å². The molecule has 0 spiro atoms. The van der Waals surface area contributed by atoms with Crippen LogP contribution in [0.1, 0.15) is 34.6 Å². The lowest BCUT2D eigenvalue weighted by atomic mass is 10.0. The summed E-state index contributed by atoms with van der Waals surface area (Å²) in [6, 6.07) is 18.1. The van der Waals surface area contributed by atoms with Gasteiger partial charge < -0.3 is 5.32 Å². The van der Waals surface area contributed by atoms with Gasteiger partial charge in [0.05, 0.1) is 5.69 Å². The molecule has 0 saturated heterocycles. The van der Waals surface area contributed by atoms with Crippen LogP contribution >= 0.6 is 0 Å². The average molecular weight is 399 g/mol. The number of fused-ring (bicyclic) bond motifs is 1. The van der Waals surface area contributed by atoms with Crippen LogP contribution < -0.4 is 5.32 Å². The molecule has 0 unspecified atom stereocenters. The van der Waals surface area contributed by atoms with Crippen molar-refractivity contribution in [2.45, 2.75) is 40.5 Å². The minimum absolute atomic E-state index is 0.000583. The van der Waals surface area contributed by atoms with Crippen LogP contribution in [-0.4, -0.2) is 20.5 Å². The van der Waals surface area contributed by atoms with Gasteiger partial charge in [0.2, 0.25) is 5.91 Å². The van der Waals surface area contributed by atoms with E-state index in [1.165, 1.54) is 5.56 Å². The molecule has 2 aromatic carbocycles. The van der Waals surface area contributed by atoms with Crippen LogP contribution in [-0.2, 0) is 11.2 Å². The maximum Gasteiger partial charge on any atom is 0.224 e. The molecule has 0 fully saturated rings. The van der Waals surface area contributed by atoms with E-state index in [0.29, 0.717) is 12.8 Å². The lowest BCUT2D eigenvalue weighted by Crippen LogP contribution is -2.14. The molecule has 0 aliphatic heterocycles. The zero-order chi connectivity index (χ0) is 21.3. The molecule has 5 heteroatoms. The van der Waals surface area contributed by atoms with Crippen LogP contribution in [0.2, 0.25) is 0 Å². The van der Waals surface area contributed by atoms with E-state index in [9.17, 15) is 4.79 Å². The van der Waals surface area contributed by atoms with E-state index in [4.69, 9.17) is 10.1 Å². The third kappa shape index (κ3) is 3.83. The summed E-state index contributed by atoms with van der Waals surface area (Å²) < 4.78 is 1.91. The quantitative estimate of drug-likeness (QED) is 0.503. The van der Waals surface area contributed by atoms with Crippen molar-refractivity contribution in [2.75, 3.05) is 5.32 Å². The Morgan fingerprint density at radius 2 is 1.63 bits per heavy atom. The Morgan fingerprint density at radius 3 is 2.33 bits per heavy atom. The van der Waals surface area contributed by atoms with Gasteiger partial charge in [0.15, 0.2) is 5.65 Å². The summed E-state index contributed by atoms with van der Waals surface area (Å²) in [7, 11) is 0. The Labute approximate surface area is 176 Å². The maximum absolute atomic E-state index is 12.4. The molecule has 2 heterocycles. The van der Waals surface area contributed by atoms with Gasteiger partial charge in [-0.15, -0.1) is 0 Å². The van der Waals surface area contributed by atoms with Crippen LogP contribution in [0.15, 0.2) is 54.6 Å². The number of nitrogens with one attached hydrogen (secondary N) is 1. The van der Waals surface area contributed by atoms with Gasteiger partial charge in [-0.05, 0) is 57.4 Å². The van der Waals surface area contributed by atoms with Crippen LogP contribution in [0.4, 0.5) is 5.69 Å². The number of carbonyl (C=O) groups is 1. The minimum atomic E-state index is -0.000583. The number of aryl methyl sites for hydroxylation is 4. The average Bonchev–Trinajstić information content (AvgIpc) is 3.06. The van der Waals surface area contributed by atoms with Crippen molar-refractivity contribution in [2.24, 2.45) is 0 Å². The van der Waals surface area contributed by atoms with E-state index in [1.54, 1.807) is 0 Å². The van der Waals surface area contributed by atoms with Crippen molar-refractivity contribution in [3.05, 3.63) is 82.8 Å². The summed E-state index contributed by atoms with van der Waals surface area (Å²) in [5.74, 6) is -0.000583. The highest BCUT2D eigenvalue weighted by Crippen LogP contribution is 2.29. The summed E-state index contributed by atoms with van der Waals surface area (Å²) in [5, 5.41) is 7.72. The molecular weight excluding hydrogens is 372 g/mol. The molecule has 152 valence electrons. The van der Waals surface area contributed by atoms with Crippen molar-refractivity contribution in [1.29, 1.82) is 0 Å². The van der Waals surface area contributed by atoms with E-state index in [1.807, 2.05) is 67.8 Å². The molecule has 5 nitrogen and oxygen atoms in total. The van der Waals surface area contributed by atoms with Crippen molar-refractivity contribution in [3.63, 3.8) is 0 Å². The van der Waals surface area contributed by atoms with Gasteiger partial charge in [-0.2, -0.15) is 5.10 Å². The molecule has 0 aliphatic carbocycles. The van der Waals surface area contributed by atoms with Crippen molar-refractivity contribution in [1.82, 2.24) is 14.6 Å². The zero-order valence-electron chi connectivity index (χ0n) is 17.9. The fourth-order valence-electron chi connectivity index (χ4n) is 3.87. The number of carbonyl (C=O) groups excluding carboxylic acids is 1. The molecule has 4 rings (SSSR count). The third-order valence-corrected chi connectivity index (χ3v) is 5.50. The first-order chi connectivity index (χ1) is 14.4. The summed E-state index contributed by atoms with van der Waals surface area (Å²) in [6.45, 7) is 8.11. The largest absolute Gasteiger partial charge is 0.326 e. The van der Waals surface area contributed by atoms with Crippen LogP contribution in [0.25, 0.3) is 16.8 Å². The first-order valence-corrected chi connectivity index (χ1v) is 10.2. The Hall–Kier alpha value is -3.47. The summed E-state index contributed by atoms with van der Waals surface area (Å²) in [6.07, 6.45) is 1.02. The fourth-order valence-corrected chi connectivity index (χ4v) is 3.87. The number of benzene rings is 2. The lowest BCUT2D eigenvalue weighted by molar-refractivity contribution is -0.116. The molecule has 0 bridgehead atoms. The fraction of sp³-hybridized carbons (Fsp3) is 0.240. The van der Waals surface area contributed by atoms with E-state index in [0.717, 1.165) is 45.1 Å². The Balaban J connectivity index is 1.59.